The number of rotatable bonds is 14. The molecule has 276 valence electrons. The summed E-state index contributed by atoms with van der Waals surface area (Å²) >= 11 is 0. The molecule has 0 saturated carbocycles. The molecule has 2 aromatic rings. The standard InChI is InChI=1S/C33H45N3O13S.Na/c1-18(2)15-36(50(44,45)21-10-8-20(9-11-21)34-30-28(40)26(38)27(39)29(49-30)31(41)42)16-24(37)23(14-19-6-4-3-5-7-19)35-33(43)48-25-17-47-32-22(25)12-13-46-32;/h3-11,18,22-30,32,34,37-40H,12-17H2,1-2H3,(H,35,43)(H,41,42);/q;+1/p-1/t22-,23-,24+,25-,26-,27-,28+,29-,30+,32+;/m0./s1. The summed E-state index contributed by atoms with van der Waals surface area (Å²) < 4.78 is 50.9. The number of benzene rings is 2. The molecule has 3 aliphatic heterocycles. The Labute approximate surface area is 318 Å². The predicted molar refractivity (Wildman–Crippen MR) is 172 cm³/mol. The van der Waals surface area contributed by atoms with Crippen LogP contribution in [-0.4, -0.2) is 127 Å². The summed E-state index contributed by atoms with van der Waals surface area (Å²) in [6.07, 6.45) is -11.1. The molecular formula is C33H44N3NaO13S. The van der Waals surface area contributed by atoms with Gasteiger partial charge in [0.2, 0.25) is 10.0 Å². The number of nitrogens with zero attached hydrogens (tertiary/aromatic N) is 1. The van der Waals surface area contributed by atoms with Gasteiger partial charge in [-0.05, 0) is 48.6 Å². The van der Waals surface area contributed by atoms with E-state index in [-0.39, 0.29) is 78.1 Å². The second-order valence-corrected chi connectivity index (χ2v) is 15.1. The van der Waals surface area contributed by atoms with E-state index in [0.717, 1.165) is 9.87 Å². The number of anilines is 1. The quantitative estimate of drug-likeness (QED) is 0.101. The molecule has 10 atom stereocenters. The number of carbonyl (C=O) groups is 2. The summed E-state index contributed by atoms with van der Waals surface area (Å²) in [6.45, 7) is 4.01. The van der Waals surface area contributed by atoms with Gasteiger partial charge in [-0.1, -0.05) is 44.2 Å². The number of ether oxygens (including phenoxy) is 4. The Kier molecular flexibility index (Phi) is 14.7. The molecule has 2 aromatic carbocycles. The van der Waals surface area contributed by atoms with Crippen LogP contribution in [0.3, 0.4) is 0 Å². The Bertz CT molecular complexity index is 1550. The van der Waals surface area contributed by atoms with E-state index in [2.05, 4.69) is 10.6 Å². The molecule has 3 aliphatic rings. The van der Waals surface area contributed by atoms with Crippen molar-refractivity contribution in [1.29, 1.82) is 0 Å². The van der Waals surface area contributed by atoms with E-state index in [1.54, 1.807) is 0 Å². The average Bonchev–Trinajstić information content (AvgIpc) is 3.70. The molecule has 6 N–H and O–H groups in total. The Morgan fingerprint density at radius 1 is 1.00 bits per heavy atom. The second kappa shape index (κ2) is 18.1. The van der Waals surface area contributed by atoms with E-state index in [1.165, 1.54) is 24.3 Å². The van der Waals surface area contributed by atoms with Gasteiger partial charge in [-0.25, -0.2) is 13.2 Å². The van der Waals surface area contributed by atoms with Crippen LogP contribution in [0.15, 0.2) is 59.5 Å². The molecule has 18 heteroatoms. The first-order valence-corrected chi connectivity index (χ1v) is 17.9. The van der Waals surface area contributed by atoms with E-state index in [4.69, 9.17) is 18.9 Å². The third-order valence-electron chi connectivity index (χ3n) is 8.92. The molecule has 0 bridgehead atoms. The number of carboxylic acid groups (broad SMARTS) is 1. The van der Waals surface area contributed by atoms with E-state index in [1.807, 2.05) is 44.2 Å². The first-order valence-electron chi connectivity index (χ1n) is 16.4. The van der Waals surface area contributed by atoms with E-state index in [9.17, 15) is 43.5 Å². The molecule has 16 nitrogen and oxygen atoms in total. The maximum Gasteiger partial charge on any atom is 1.00 e. The number of fused-ring (bicyclic) bond motifs is 1. The Hall–Kier alpha value is -2.39. The summed E-state index contributed by atoms with van der Waals surface area (Å²) in [6, 6.07) is 13.4. The number of hydrogen-bond acceptors (Lipinski definition) is 14. The minimum absolute atomic E-state index is 0. The van der Waals surface area contributed by atoms with Gasteiger partial charge in [0.05, 0.1) is 42.1 Å². The van der Waals surface area contributed by atoms with Gasteiger partial charge in [0.1, 0.15) is 30.5 Å². The zero-order valence-electron chi connectivity index (χ0n) is 28.6. The van der Waals surface area contributed by atoms with Crippen molar-refractivity contribution in [2.75, 3.05) is 31.6 Å². The molecule has 3 saturated heterocycles. The number of carbonyl (C=O) groups excluding carboxylic acids is 2. The summed E-state index contributed by atoms with van der Waals surface area (Å²) in [5.74, 6) is -2.02. The van der Waals surface area contributed by atoms with Gasteiger partial charge in [0, 0.05) is 18.8 Å². The molecule has 0 radical (unpaired) electrons. The number of sulfonamides is 1. The molecule has 3 fully saturated rings. The summed E-state index contributed by atoms with van der Waals surface area (Å²) in [4.78, 5) is 24.3. The van der Waals surface area contributed by atoms with Crippen molar-refractivity contribution >= 4 is 27.8 Å². The molecule has 0 spiro atoms. The third kappa shape index (κ3) is 10.2. The minimum atomic E-state index is -4.22. The van der Waals surface area contributed by atoms with Crippen LogP contribution in [0.4, 0.5) is 10.5 Å². The average molecular weight is 746 g/mol. The number of amides is 1. The van der Waals surface area contributed by atoms with Crippen LogP contribution in [0.5, 0.6) is 0 Å². The molecule has 51 heavy (non-hydrogen) atoms. The number of aliphatic hydroxyl groups is 4. The first kappa shape index (κ1) is 41.4. The van der Waals surface area contributed by atoms with Gasteiger partial charge in [-0.3, -0.25) is 0 Å². The number of hydrogen-bond donors (Lipinski definition) is 6. The number of aliphatic hydroxyl groups excluding tert-OH is 4. The molecule has 3 heterocycles. The zero-order valence-corrected chi connectivity index (χ0v) is 31.4. The normalized spacial score (nSPS) is 28.8. The van der Waals surface area contributed by atoms with Crippen LogP contribution in [-0.2, 0) is 40.2 Å². The van der Waals surface area contributed by atoms with Crippen LogP contribution < -0.4 is 45.3 Å². The van der Waals surface area contributed by atoms with E-state index in [0.29, 0.717) is 13.0 Å². The summed E-state index contributed by atoms with van der Waals surface area (Å²) in [7, 11) is -4.22. The van der Waals surface area contributed by atoms with Crippen molar-refractivity contribution in [3.05, 3.63) is 60.2 Å². The third-order valence-corrected chi connectivity index (χ3v) is 10.8. The van der Waals surface area contributed by atoms with Crippen LogP contribution >= 0.6 is 0 Å². The van der Waals surface area contributed by atoms with Crippen LogP contribution in [0.1, 0.15) is 25.8 Å². The Morgan fingerprint density at radius 2 is 1.69 bits per heavy atom. The topological polar surface area (TPSA) is 236 Å². The summed E-state index contributed by atoms with van der Waals surface area (Å²) in [5.41, 5.74) is 1.00. The second-order valence-electron chi connectivity index (χ2n) is 13.1. The Balaban J connectivity index is 0.00000583. The van der Waals surface area contributed by atoms with E-state index >= 15 is 0 Å². The fourth-order valence-corrected chi connectivity index (χ4v) is 7.89. The fraction of sp³-hybridized carbons (Fsp3) is 0.576. The van der Waals surface area contributed by atoms with Gasteiger partial charge in [-0.15, -0.1) is 0 Å². The van der Waals surface area contributed by atoms with Crippen molar-refractivity contribution in [2.45, 2.75) is 86.8 Å². The minimum Gasteiger partial charge on any atom is -0.547 e. The van der Waals surface area contributed by atoms with Crippen molar-refractivity contribution in [1.82, 2.24) is 9.62 Å². The number of nitrogens with one attached hydrogen (secondary N) is 2. The van der Waals surface area contributed by atoms with E-state index < -0.39 is 77.3 Å². The molecular weight excluding hydrogens is 701 g/mol. The number of alkyl carbamates (subject to hydrolysis) is 1. The van der Waals surface area contributed by atoms with Crippen LogP contribution in [0, 0.1) is 11.8 Å². The van der Waals surface area contributed by atoms with Gasteiger partial charge < -0.3 is 59.9 Å². The zero-order chi connectivity index (χ0) is 36.2. The van der Waals surface area contributed by atoms with Crippen LogP contribution in [0.25, 0.3) is 0 Å². The molecule has 1 amide bonds. The fourth-order valence-electron chi connectivity index (χ4n) is 6.27. The smallest absolute Gasteiger partial charge is 0.547 e. The van der Waals surface area contributed by atoms with Crippen molar-refractivity contribution in [3.63, 3.8) is 0 Å². The monoisotopic (exact) mass is 745 g/mol. The van der Waals surface area contributed by atoms with Crippen molar-refractivity contribution in [3.8, 4) is 0 Å². The number of carboxylic acids is 1. The molecule has 5 rings (SSSR count). The van der Waals surface area contributed by atoms with Gasteiger partial charge in [-0.2, -0.15) is 4.31 Å². The Morgan fingerprint density at radius 3 is 2.33 bits per heavy atom. The first-order chi connectivity index (χ1) is 23.7. The van der Waals surface area contributed by atoms with Crippen LogP contribution in [0.2, 0.25) is 0 Å². The molecule has 0 unspecified atom stereocenters. The SMILES string of the molecule is CC(C)CN(C[C@@H](O)[C@H](Cc1ccccc1)NC(=O)O[C@H]1CO[C@H]2OCC[C@H]21)S(=O)(=O)c1ccc(N[C@@H]2O[C@H](C(=O)[O-])[C@@H](O)[C@H](O)[C@H]2O)cc1.[Na+]. The maximum atomic E-state index is 14.0. The summed E-state index contributed by atoms with van der Waals surface area (Å²) in [5, 5.41) is 58.6. The van der Waals surface area contributed by atoms with Gasteiger partial charge in [0.15, 0.2) is 12.5 Å². The predicted octanol–water partition coefficient (Wildman–Crippen LogP) is -4.23. The number of aliphatic carboxylic acids is 1. The maximum absolute atomic E-state index is 14.0. The van der Waals surface area contributed by atoms with Gasteiger partial charge >= 0.3 is 35.7 Å². The van der Waals surface area contributed by atoms with Crippen molar-refractivity contribution in [2.24, 2.45) is 11.8 Å². The molecule has 0 aromatic heterocycles. The van der Waals surface area contributed by atoms with Crippen molar-refractivity contribution < 1.29 is 92.0 Å². The molecule has 0 aliphatic carbocycles. The largest absolute Gasteiger partial charge is 1.00 e. The van der Waals surface area contributed by atoms with Gasteiger partial charge in [0.25, 0.3) is 0 Å².